The number of hydrogen-bond donors (Lipinski definition) is 4. The molecule has 0 unspecified atom stereocenters. The first-order valence-electron chi connectivity index (χ1n) is 12.0. The van der Waals surface area contributed by atoms with Crippen LogP contribution in [0.5, 0.6) is 5.75 Å². The van der Waals surface area contributed by atoms with E-state index in [0.717, 1.165) is 29.7 Å². The number of unbranched alkanes of at least 4 members (excludes halogenated alkanes) is 1. The van der Waals surface area contributed by atoms with Crippen LogP contribution in [0, 0.1) is 0 Å². The third-order valence-electron chi connectivity index (χ3n) is 5.02. The monoisotopic (exact) mass is 525 g/mol. The maximum absolute atomic E-state index is 12.5. The number of nitrogens with two attached hydrogens (primary N) is 2. The van der Waals surface area contributed by atoms with E-state index >= 15 is 0 Å². The summed E-state index contributed by atoms with van der Waals surface area (Å²) < 4.78 is 33.4. The maximum atomic E-state index is 12.5. The first-order chi connectivity index (χ1) is 17.9. The van der Waals surface area contributed by atoms with E-state index in [1.807, 2.05) is 42.5 Å². The molecule has 0 aliphatic heterocycles. The molecule has 0 radical (unpaired) electrons. The largest absolute Gasteiger partial charge is 0.493 e. The van der Waals surface area contributed by atoms with Gasteiger partial charge in [-0.3, -0.25) is 9.52 Å². The zero-order valence-corrected chi connectivity index (χ0v) is 21.6. The van der Waals surface area contributed by atoms with Crippen molar-refractivity contribution in [2.45, 2.75) is 30.6 Å². The van der Waals surface area contributed by atoms with Crippen LogP contribution >= 0.6 is 0 Å². The molecule has 9 heteroatoms. The predicted molar refractivity (Wildman–Crippen MR) is 148 cm³/mol. The molecule has 0 atom stereocenters. The summed E-state index contributed by atoms with van der Waals surface area (Å²) in [5.41, 5.74) is 12.1. The van der Waals surface area contributed by atoms with E-state index < -0.39 is 16.0 Å². The Hall–Kier alpha value is -3.66. The number of carboxylic acid groups (broad SMARTS) is 1. The molecule has 37 heavy (non-hydrogen) atoms. The maximum Gasteiger partial charge on any atom is 0.303 e. The smallest absolute Gasteiger partial charge is 0.303 e. The lowest BCUT2D eigenvalue weighted by Crippen LogP contribution is -2.12. The Morgan fingerprint density at radius 1 is 0.946 bits per heavy atom. The molecular weight excluding hydrogens is 490 g/mol. The van der Waals surface area contributed by atoms with Gasteiger partial charge in [0.25, 0.3) is 10.0 Å². The summed E-state index contributed by atoms with van der Waals surface area (Å²) in [5.74, 6) is -0.104. The normalized spacial score (nSPS) is 11.0. The van der Waals surface area contributed by atoms with E-state index in [1.54, 1.807) is 48.5 Å². The second-order valence-corrected chi connectivity index (χ2v) is 9.70. The summed E-state index contributed by atoms with van der Waals surface area (Å²) in [4.78, 5) is 11.0. The average Bonchev–Trinajstić information content (AvgIpc) is 2.90. The first-order valence-corrected chi connectivity index (χ1v) is 13.5. The minimum Gasteiger partial charge on any atom is -0.493 e. The zero-order chi connectivity index (χ0) is 26.9. The number of nitrogens with one attached hydrogen (secondary N) is 1. The second-order valence-electron chi connectivity index (χ2n) is 8.02. The summed E-state index contributed by atoms with van der Waals surface area (Å²) in [5, 5.41) is 8.88. The van der Waals surface area contributed by atoms with Gasteiger partial charge in [0.2, 0.25) is 0 Å². The van der Waals surface area contributed by atoms with E-state index in [4.69, 9.17) is 21.3 Å². The number of rotatable bonds is 13. The molecule has 0 heterocycles. The van der Waals surface area contributed by atoms with Gasteiger partial charge in [0.05, 0.1) is 11.5 Å². The second kappa shape index (κ2) is 16.2. The third-order valence-corrected chi connectivity index (χ3v) is 6.42. The van der Waals surface area contributed by atoms with Crippen LogP contribution in [0.4, 0.5) is 5.69 Å². The van der Waals surface area contributed by atoms with Crippen LogP contribution in [-0.4, -0.2) is 39.2 Å². The van der Waals surface area contributed by atoms with E-state index in [-0.39, 0.29) is 11.3 Å². The van der Waals surface area contributed by atoms with Gasteiger partial charge in [-0.15, -0.1) is 0 Å². The lowest BCUT2D eigenvalue weighted by atomic mass is 10.1. The van der Waals surface area contributed by atoms with Crippen molar-refractivity contribution in [1.29, 1.82) is 0 Å². The number of sulfonamides is 1. The minimum atomic E-state index is -3.62. The number of aryl methyl sites for hydroxylation is 1. The van der Waals surface area contributed by atoms with Gasteiger partial charge in [-0.1, -0.05) is 60.7 Å². The Kier molecular flexibility index (Phi) is 12.9. The predicted octanol–water partition coefficient (Wildman–Crippen LogP) is 4.28. The van der Waals surface area contributed by atoms with Crippen LogP contribution in [0.3, 0.4) is 0 Å². The highest BCUT2D eigenvalue weighted by Gasteiger charge is 2.13. The third kappa shape index (κ3) is 11.3. The SMILES string of the molecule is NCCN.O=C(O)CCc1ccccc1OCCC/C=C/c1cccc(NS(=O)(=O)c2ccccc2)c1. The lowest BCUT2D eigenvalue weighted by molar-refractivity contribution is -0.136. The van der Waals surface area contributed by atoms with Crippen molar-refractivity contribution < 1.29 is 23.1 Å². The Balaban J connectivity index is 0.00000112. The molecule has 198 valence electrons. The number of anilines is 1. The number of allylic oxidation sites excluding steroid dienone is 1. The number of aliphatic carboxylic acids is 1. The molecule has 3 aromatic rings. The van der Waals surface area contributed by atoms with Gasteiger partial charge < -0.3 is 21.3 Å². The summed E-state index contributed by atoms with van der Waals surface area (Å²) in [6.07, 6.45) is 6.06. The van der Waals surface area contributed by atoms with Crippen LogP contribution in [-0.2, 0) is 21.2 Å². The number of hydrogen-bond acceptors (Lipinski definition) is 6. The number of ether oxygens (including phenoxy) is 1. The molecule has 0 amide bonds. The van der Waals surface area contributed by atoms with Crippen LogP contribution < -0.4 is 20.9 Å². The molecule has 0 saturated carbocycles. The van der Waals surface area contributed by atoms with E-state index in [0.29, 0.717) is 31.8 Å². The first kappa shape index (κ1) is 29.6. The van der Waals surface area contributed by atoms with Crippen molar-refractivity contribution in [2.24, 2.45) is 11.5 Å². The van der Waals surface area contributed by atoms with Crippen molar-refractivity contribution in [3.05, 3.63) is 96.1 Å². The van der Waals surface area contributed by atoms with Gasteiger partial charge in [-0.2, -0.15) is 0 Å². The molecule has 0 spiro atoms. The quantitative estimate of drug-likeness (QED) is 0.244. The molecule has 0 fully saturated rings. The fourth-order valence-electron chi connectivity index (χ4n) is 3.22. The molecule has 0 aliphatic rings. The topological polar surface area (TPSA) is 145 Å². The van der Waals surface area contributed by atoms with Crippen LogP contribution in [0.25, 0.3) is 6.08 Å². The molecule has 0 bridgehead atoms. The Labute approximate surface area is 219 Å². The molecule has 0 aliphatic carbocycles. The Bertz CT molecular complexity index is 1230. The van der Waals surface area contributed by atoms with Crippen molar-refractivity contribution in [3.63, 3.8) is 0 Å². The molecule has 6 N–H and O–H groups in total. The fourth-order valence-corrected chi connectivity index (χ4v) is 4.29. The highest BCUT2D eigenvalue weighted by atomic mass is 32.2. The minimum absolute atomic E-state index is 0.0731. The average molecular weight is 526 g/mol. The summed E-state index contributed by atoms with van der Waals surface area (Å²) >= 11 is 0. The van der Waals surface area contributed by atoms with Crippen LogP contribution in [0.1, 0.15) is 30.4 Å². The highest BCUT2D eigenvalue weighted by molar-refractivity contribution is 7.92. The number of benzene rings is 3. The van der Waals surface area contributed by atoms with Crippen molar-refractivity contribution in [2.75, 3.05) is 24.4 Å². The van der Waals surface area contributed by atoms with Crippen LogP contribution in [0.2, 0.25) is 0 Å². The van der Waals surface area contributed by atoms with Gasteiger partial charge in [0.1, 0.15) is 5.75 Å². The number of carboxylic acids is 1. The van der Waals surface area contributed by atoms with E-state index in [9.17, 15) is 13.2 Å². The highest BCUT2D eigenvalue weighted by Crippen LogP contribution is 2.20. The molecule has 0 saturated heterocycles. The number of para-hydroxylation sites is 1. The molecular formula is C28H35N3O5S. The zero-order valence-electron chi connectivity index (χ0n) is 20.8. The Morgan fingerprint density at radius 2 is 1.65 bits per heavy atom. The van der Waals surface area contributed by atoms with Gasteiger partial charge in [-0.05, 0) is 60.7 Å². The summed E-state index contributed by atoms with van der Waals surface area (Å²) in [7, 11) is -3.62. The molecule has 8 nitrogen and oxygen atoms in total. The van der Waals surface area contributed by atoms with Crippen molar-refractivity contribution in [1.82, 2.24) is 0 Å². The van der Waals surface area contributed by atoms with E-state index in [2.05, 4.69) is 4.72 Å². The van der Waals surface area contributed by atoms with Crippen molar-refractivity contribution in [3.8, 4) is 5.75 Å². The Morgan fingerprint density at radius 3 is 2.35 bits per heavy atom. The summed E-state index contributed by atoms with van der Waals surface area (Å²) in [6, 6.07) is 23.0. The van der Waals surface area contributed by atoms with Gasteiger partial charge in [0.15, 0.2) is 0 Å². The fraction of sp³-hybridized carbons (Fsp3) is 0.250. The summed E-state index contributed by atoms with van der Waals surface area (Å²) in [6.45, 7) is 1.71. The van der Waals surface area contributed by atoms with Gasteiger partial charge in [0, 0.05) is 25.2 Å². The van der Waals surface area contributed by atoms with Gasteiger partial charge >= 0.3 is 5.97 Å². The molecule has 0 aromatic heterocycles. The van der Waals surface area contributed by atoms with Gasteiger partial charge in [-0.25, -0.2) is 8.42 Å². The van der Waals surface area contributed by atoms with Crippen molar-refractivity contribution >= 4 is 27.8 Å². The standard InChI is InChI=1S/C26H27NO5S.C2H8N2/c28-26(29)18-17-22-12-6-7-16-25(22)32-19-8-2-3-10-21-11-9-13-23(20-21)27-33(30,31)24-14-4-1-5-15-24;3-1-2-4/h1,3-7,9-16,20,27H,2,8,17-19H2,(H,28,29);1-4H2/b10-3+;. The molecule has 3 rings (SSSR count). The lowest BCUT2D eigenvalue weighted by Gasteiger charge is -2.10. The van der Waals surface area contributed by atoms with E-state index in [1.165, 1.54) is 0 Å². The van der Waals surface area contributed by atoms with Crippen LogP contribution in [0.15, 0.2) is 89.8 Å². The molecule has 3 aromatic carbocycles. The number of carbonyl (C=O) groups is 1.